The zero-order valence-corrected chi connectivity index (χ0v) is 22.1. The van der Waals surface area contributed by atoms with E-state index in [2.05, 4.69) is 15.1 Å². The Balaban J connectivity index is 1.48. The fourth-order valence-corrected chi connectivity index (χ4v) is 5.38. The molecule has 0 radical (unpaired) electrons. The van der Waals surface area contributed by atoms with Gasteiger partial charge in [0.05, 0.1) is 11.9 Å². The number of amidine groups is 1. The molecule has 38 heavy (non-hydrogen) atoms. The van der Waals surface area contributed by atoms with Gasteiger partial charge in [-0.25, -0.2) is 4.99 Å². The standard InChI is InChI=1S/C28H34N8O2/c1-18(37)36-11-10-35(27(38)28(36,2)3)22-9-5-8-20(12-22)24-13-23(25(33-24)26(30)31-17-29)21-14-32-34(16-21)15-19-6-4-7-19/h5,8-9,12-14,16-17,19,33H,4,6-7,10-11,15H2,1-3H3,(H3,29,30,31). The summed E-state index contributed by atoms with van der Waals surface area (Å²) in [4.78, 5) is 36.2. The molecule has 1 saturated carbocycles. The molecular formula is C28H34N8O2. The van der Waals surface area contributed by atoms with Crippen molar-refractivity contribution in [2.45, 2.75) is 52.1 Å². The Morgan fingerprint density at radius 3 is 2.74 bits per heavy atom. The number of rotatable bonds is 7. The molecule has 2 amide bonds. The number of hydrogen-bond donors (Lipinski definition) is 3. The molecule has 5 rings (SSSR count). The van der Waals surface area contributed by atoms with E-state index in [9.17, 15) is 9.59 Å². The number of carbonyl (C=O) groups excluding carboxylic acids is 2. The van der Waals surface area contributed by atoms with E-state index in [1.54, 1.807) is 23.6 Å². The van der Waals surface area contributed by atoms with E-state index < -0.39 is 5.54 Å². The summed E-state index contributed by atoms with van der Waals surface area (Å²) in [7, 11) is 0. The average molecular weight is 515 g/mol. The number of aromatic amines is 1. The van der Waals surface area contributed by atoms with E-state index in [1.165, 1.54) is 26.2 Å². The average Bonchev–Trinajstić information content (AvgIpc) is 3.50. The van der Waals surface area contributed by atoms with E-state index in [0.29, 0.717) is 24.7 Å². The first-order valence-corrected chi connectivity index (χ1v) is 13.0. The van der Waals surface area contributed by atoms with Crippen LogP contribution in [0.3, 0.4) is 0 Å². The molecule has 0 bridgehead atoms. The van der Waals surface area contributed by atoms with Crippen LogP contribution in [0.5, 0.6) is 0 Å². The number of aromatic nitrogens is 3. The minimum absolute atomic E-state index is 0.108. The van der Waals surface area contributed by atoms with Gasteiger partial charge in [0.15, 0.2) is 0 Å². The van der Waals surface area contributed by atoms with Gasteiger partial charge in [-0.1, -0.05) is 18.6 Å². The molecule has 2 aromatic heterocycles. The van der Waals surface area contributed by atoms with Crippen LogP contribution in [0.25, 0.3) is 22.4 Å². The minimum atomic E-state index is -0.926. The van der Waals surface area contributed by atoms with Crippen LogP contribution in [0.2, 0.25) is 0 Å². The summed E-state index contributed by atoms with van der Waals surface area (Å²) in [5, 5.41) is 11.9. The normalized spacial score (nSPS) is 18.0. The minimum Gasteiger partial charge on any atom is -0.382 e. The molecule has 0 atom stereocenters. The van der Waals surface area contributed by atoms with Crippen LogP contribution in [0.1, 0.15) is 45.7 Å². The number of nitrogens with one attached hydrogen (secondary N) is 2. The Kier molecular flexibility index (Phi) is 6.64. The zero-order valence-electron chi connectivity index (χ0n) is 22.1. The van der Waals surface area contributed by atoms with Crippen LogP contribution in [0, 0.1) is 11.3 Å². The molecule has 1 aliphatic carbocycles. The molecule has 10 nitrogen and oxygen atoms in total. The van der Waals surface area contributed by atoms with Gasteiger partial charge < -0.3 is 20.5 Å². The summed E-state index contributed by atoms with van der Waals surface area (Å²) >= 11 is 0. The second-order valence-corrected chi connectivity index (χ2v) is 10.6. The fraction of sp³-hybridized carbons (Fsp3) is 0.393. The Morgan fingerprint density at radius 1 is 1.26 bits per heavy atom. The van der Waals surface area contributed by atoms with Crippen molar-refractivity contribution in [3.05, 3.63) is 48.4 Å². The third-order valence-corrected chi connectivity index (χ3v) is 7.73. The van der Waals surface area contributed by atoms with Gasteiger partial charge in [-0.15, -0.1) is 0 Å². The fourth-order valence-electron chi connectivity index (χ4n) is 5.38. The van der Waals surface area contributed by atoms with Gasteiger partial charge in [0.1, 0.15) is 17.7 Å². The van der Waals surface area contributed by atoms with Crippen molar-refractivity contribution < 1.29 is 9.59 Å². The van der Waals surface area contributed by atoms with Gasteiger partial charge in [0.2, 0.25) is 5.91 Å². The number of amides is 2. The predicted molar refractivity (Wildman–Crippen MR) is 148 cm³/mol. The van der Waals surface area contributed by atoms with Crippen LogP contribution in [-0.2, 0) is 16.1 Å². The van der Waals surface area contributed by atoms with E-state index in [-0.39, 0.29) is 17.6 Å². The van der Waals surface area contributed by atoms with Crippen molar-refractivity contribution in [2.24, 2.45) is 16.6 Å². The number of aliphatic imine (C=N–C) groups is 1. The van der Waals surface area contributed by atoms with Crippen molar-refractivity contribution in [2.75, 3.05) is 18.0 Å². The number of nitrogens with zero attached hydrogens (tertiary/aromatic N) is 5. The molecule has 0 spiro atoms. The second-order valence-electron chi connectivity index (χ2n) is 10.6. The highest BCUT2D eigenvalue weighted by atomic mass is 16.2. The molecule has 4 N–H and O–H groups in total. The summed E-state index contributed by atoms with van der Waals surface area (Å²) < 4.78 is 1.98. The number of nitrogens with two attached hydrogens (primary N) is 1. The Hall–Kier alpha value is -4.21. The Morgan fingerprint density at radius 2 is 2.05 bits per heavy atom. The molecule has 10 heteroatoms. The molecular weight excluding hydrogens is 480 g/mol. The van der Waals surface area contributed by atoms with Crippen molar-refractivity contribution in [1.29, 1.82) is 5.41 Å². The largest absolute Gasteiger partial charge is 0.382 e. The van der Waals surface area contributed by atoms with Gasteiger partial charge in [-0.2, -0.15) is 5.10 Å². The summed E-state index contributed by atoms with van der Waals surface area (Å²) in [5.41, 5.74) is 10.1. The second kappa shape index (κ2) is 9.92. The Bertz CT molecular complexity index is 1410. The summed E-state index contributed by atoms with van der Waals surface area (Å²) in [6.07, 6.45) is 8.56. The number of hydrogen-bond acceptors (Lipinski definition) is 4. The van der Waals surface area contributed by atoms with Crippen LogP contribution in [0.15, 0.2) is 47.7 Å². The van der Waals surface area contributed by atoms with E-state index >= 15 is 0 Å². The summed E-state index contributed by atoms with van der Waals surface area (Å²) in [5.74, 6) is 0.663. The topological polar surface area (TPSA) is 136 Å². The smallest absolute Gasteiger partial charge is 0.252 e. The molecule has 3 heterocycles. The maximum atomic E-state index is 13.4. The Labute approximate surface area is 222 Å². The monoisotopic (exact) mass is 514 g/mol. The lowest BCUT2D eigenvalue weighted by Gasteiger charge is -2.45. The highest BCUT2D eigenvalue weighted by Gasteiger charge is 2.43. The lowest BCUT2D eigenvalue weighted by Crippen LogP contribution is -2.64. The third kappa shape index (κ3) is 4.62. The van der Waals surface area contributed by atoms with Crippen LogP contribution >= 0.6 is 0 Å². The van der Waals surface area contributed by atoms with Gasteiger partial charge in [-0.3, -0.25) is 19.7 Å². The lowest BCUT2D eigenvalue weighted by molar-refractivity contribution is -0.145. The molecule has 3 aromatic rings. The van der Waals surface area contributed by atoms with Crippen LogP contribution in [-0.4, -0.2) is 62.3 Å². The van der Waals surface area contributed by atoms with Gasteiger partial charge in [-0.05, 0) is 50.8 Å². The van der Waals surface area contributed by atoms with Crippen molar-refractivity contribution in [3.8, 4) is 22.4 Å². The number of H-pyrrole nitrogens is 1. The number of anilines is 1. The van der Waals surface area contributed by atoms with Crippen molar-refractivity contribution in [3.63, 3.8) is 0 Å². The molecule has 1 aliphatic heterocycles. The quantitative estimate of drug-likeness (QED) is 0.328. The molecule has 2 aliphatic rings. The molecule has 1 aromatic carbocycles. The van der Waals surface area contributed by atoms with Gasteiger partial charge in [0, 0.05) is 60.8 Å². The molecule has 2 fully saturated rings. The van der Waals surface area contributed by atoms with Crippen LogP contribution in [0.4, 0.5) is 5.69 Å². The van der Waals surface area contributed by atoms with Gasteiger partial charge in [0.25, 0.3) is 5.91 Å². The lowest BCUT2D eigenvalue weighted by atomic mass is 9.85. The molecule has 198 valence electrons. The summed E-state index contributed by atoms with van der Waals surface area (Å²) in [6, 6.07) is 9.75. The first kappa shape index (κ1) is 25.4. The van der Waals surface area contributed by atoms with Gasteiger partial charge >= 0.3 is 0 Å². The molecule has 0 unspecified atom stereocenters. The maximum absolute atomic E-state index is 13.4. The number of carbonyl (C=O) groups is 2. The summed E-state index contributed by atoms with van der Waals surface area (Å²) in [6.45, 7) is 6.86. The van der Waals surface area contributed by atoms with Crippen molar-refractivity contribution in [1.82, 2.24) is 19.7 Å². The van der Waals surface area contributed by atoms with E-state index in [1.807, 2.05) is 47.4 Å². The first-order valence-electron chi connectivity index (χ1n) is 13.0. The van der Waals surface area contributed by atoms with E-state index in [4.69, 9.17) is 11.1 Å². The molecule has 1 saturated heterocycles. The number of benzene rings is 1. The predicted octanol–water partition coefficient (Wildman–Crippen LogP) is 3.63. The third-order valence-electron chi connectivity index (χ3n) is 7.73. The zero-order chi connectivity index (χ0) is 27.0. The SMILES string of the molecule is CC(=O)N1CCN(c2cccc(-c3cc(-c4cnn(CC5CCC5)c4)c(C(N)=NC=N)[nH]3)c2)C(=O)C1(C)C. The number of piperazine rings is 1. The highest BCUT2D eigenvalue weighted by Crippen LogP contribution is 2.34. The van der Waals surface area contributed by atoms with E-state index in [0.717, 1.165) is 41.0 Å². The van der Waals surface area contributed by atoms with Crippen molar-refractivity contribution >= 4 is 29.7 Å². The van der Waals surface area contributed by atoms with Crippen LogP contribution < -0.4 is 10.6 Å². The highest BCUT2D eigenvalue weighted by molar-refractivity contribution is 6.06. The first-order chi connectivity index (χ1) is 18.2. The maximum Gasteiger partial charge on any atom is 0.252 e.